The molecule has 0 aliphatic carbocycles. The van der Waals surface area contributed by atoms with E-state index in [9.17, 15) is 18.0 Å². The molecule has 1 unspecified atom stereocenters. The van der Waals surface area contributed by atoms with Gasteiger partial charge in [0.05, 0.1) is 17.3 Å². The minimum absolute atomic E-state index is 0.0560. The van der Waals surface area contributed by atoms with Crippen LogP contribution in [0.25, 0.3) is 0 Å². The third-order valence-corrected chi connectivity index (χ3v) is 6.00. The molecular weight excluding hydrogens is 306 g/mol. The highest BCUT2D eigenvalue weighted by Crippen LogP contribution is 2.24. The highest BCUT2D eigenvalue weighted by Gasteiger charge is 2.28. The van der Waals surface area contributed by atoms with Crippen LogP contribution in [0.3, 0.4) is 0 Å². The lowest BCUT2D eigenvalue weighted by atomic mass is 10.4. The van der Waals surface area contributed by atoms with E-state index in [4.69, 9.17) is 5.11 Å². The van der Waals surface area contributed by atoms with Gasteiger partial charge >= 0.3 is 5.97 Å². The number of aromatic amines is 1. The van der Waals surface area contributed by atoms with Gasteiger partial charge < -0.3 is 10.4 Å². The second kappa shape index (κ2) is 5.83. The zero-order valence-electron chi connectivity index (χ0n) is 10.3. The molecule has 0 bridgehead atoms. The number of thioether (sulfide) groups is 1. The van der Waals surface area contributed by atoms with Crippen molar-refractivity contribution in [1.82, 2.24) is 10.2 Å². The third-order valence-electron chi connectivity index (χ3n) is 2.72. The summed E-state index contributed by atoms with van der Waals surface area (Å²) in [6, 6.07) is 1.21. The Kier molecular flexibility index (Phi) is 4.33. The summed E-state index contributed by atoms with van der Waals surface area (Å²) in [7, 11) is -2.94. The number of nitrogens with zero attached hydrogens (tertiary/aromatic N) is 1. The average molecular weight is 319 g/mol. The number of nitrogens with one attached hydrogen (secondary N) is 2. The molecule has 0 spiro atoms. The number of aromatic nitrogens is 2. The van der Waals surface area contributed by atoms with Crippen LogP contribution in [0.5, 0.6) is 0 Å². The summed E-state index contributed by atoms with van der Waals surface area (Å²) in [4.78, 5) is 22.2. The molecule has 1 aromatic rings. The van der Waals surface area contributed by atoms with Crippen molar-refractivity contribution in [2.75, 3.05) is 22.6 Å². The molecule has 1 saturated heterocycles. The molecule has 3 N–H and O–H groups in total. The highest BCUT2D eigenvalue weighted by molar-refractivity contribution is 8.02. The van der Waals surface area contributed by atoms with E-state index in [1.165, 1.54) is 17.8 Å². The van der Waals surface area contributed by atoms with Crippen molar-refractivity contribution in [3.8, 4) is 0 Å². The summed E-state index contributed by atoms with van der Waals surface area (Å²) in [5.74, 6) is -0.988. The van der Waals surface area contributed by atoms with Crippen molar-refractivity contribution in [2.45, 2.75) is 11.7 Å². The molecule has 110 valence electrons. The molecular formula is C10H13N3O5S2. The van der Waals surface area contributed by atoms with Gasteiger partial charge in [-0.1, -0.05) is 0 Å². The summed E-state index contributed by atoms with van der Waals surface area (Å²) in [6.45, 7) is 0. The van der Waals surface area contributed by atoms with E-state index >= 15 is 0 Å². The predicted octanol–water partition coefficient (Wildman–Crippen LogP) is -0.0333. The molecule has 1 aliphatic rings. The minimum atomic E-state index is -2.94. The van der Waals surface area contributed by atoms with Crippen LogP contribution in [0.2, 0.25) is 0 Å². The third kappa shape index (κ3) is 3.97. The van der Waals surface area contributed by atoms with Gasteiger partial charge in [-0.25, -0.2) is 13.2 Å². The van der Waals surface area contributed by atoms with E-state index in [0.29, 0.717) is 6.42 Å². The Morgan fingerprint density at radius 3 is 2.85 bits per heavy atom. The SMILES string of the molecule is O=C(CSC1CCS(=O)(=O)C1)Nc1cc(C(=O)O)[nH]n1. The summed E-state index contributed by atoms with van der Waals surface area (Å²) in [6.07, 6.45) is 0.561. The standard InChI is InChI=1S/C10H13N3O5S2/c14-9(4-19-6-1-2-20(17,18)5-6)11-8-3-7(10(15)16)12-13-8/h3,6H,1-2,4-5H2,(H,15,16)(H2,11,12,13,14). The van der Waals surface area contributed by atoms with E-state index in [-0.39, 0.29) is 39.9 Å². The maximum atomic E-state index is 11.6. The second-order valence-electron chi connectivity index (χ2n) is 4.36. The number of hydrogen-bond donors (Lipinski definition) is 3. The van der Waals surface area contributed by atoms with Crippen LogP contribution in [-0.2, 0) is 14.6 Å². The van der Waals surface area contributed by atoms with Gasteiger partial charge in [0.15, 0.2) is 15.7 Å². The number of carbonyl (C=O) groups excluding carboxylic acids is 1. The van der Waals surface area contributed by atoms with Crippen LogP contribution in [0.4, 0.5) is 5.82 Å². The first-order valence-electron chi connectivity index (χ1n) is 5.76. The second-order valence-corrected chi connectivity index (χ2v) is 7.87. The summed E-state index contributed by atoms with van der Waals surface area (Å²) in [5, 5.41) is 17.0. The number of carboxylic acids is 1. The Balaban J connectivity index is 1.79. The van der Waals surface area contributed by atoms with Crippen molar-refractivity contribution in [2.24, 2.45) is 0 Å². The maximum Gasteiger partial charge on any atom is 0.353 e. The number of aromatic carboxylic acids is 1. The Morgan fingerprint density at radius 1 is 1.55 bits per heavy atom. The fraction of sp³-hybridized carbons (Fsp3) is 0.500. The van der Waals surface area contributed by atoms with Gasteiger partial charge in [0.25, 0.3) is 0 Å². The molecule has 0 radical (unpaired) electrons. The van der Waals surface area contributed by atoms with E-state index in [1.54, 1.807) is 0 Å². The van der Waals surface area contributed by atoms with Crippen LogP contribution >= 0.6 is 11.8 Å². The average Bonchev–Trinajstić information content (AvgIpc) is 2.93. The number of rotatable bonds is 5. The quantitative estimate of drug-likeness (QED) is 0.694. The van der Waals surface area contributed by atoms with E-state index in [1.807, 2.05) is 0 Å². The lowest BCUT2D eigenvalue weighted by Crippen LogP contribution is -2.17. The molecule has 1 amide bonds. The fourth-order valence-electron chi connectivity index (χ4n) is 1.76. The molecule has 2 rings (SSSR count). The van der Waals surface area contributed by atoms with Gasteiger partial charge in [0, 0.05) is 11.3 Å². The van der Waals surface area contributed by atoms with Gasteiger partial charge in [0.1, 0.15) is 5.69 Å². The summed E-state index contributed by atoms with van der Waals surface area (Å²) >= 11 is 1.28. The van der Waals surface area contributed by atoms with Crippen molar-refractivity contribution in [3.05, 3.63) is 11.8 Å². The lowest BCUT2D eigenvalue weighted by Gasteiger charge is -2.06. The van der Waals surface area contributed by atoms with Gasteiger partial charge in [-0.15, -0.1) is 11.8 Å². The smallest absolute Gasteiger partial charge is 0.353 e. The van der Waals surface area contributed by atoms with E-state index in [0.717, 1.165) is 0 Å². The zero-order chi connectivity index (χ0) is 14.8. The number of hydrogen-bond acceptors (Lipinski definition) is 6. The van der Waals surface area contributed by atoms with Crippen molar-refractivity contribution >= 4 is 39.3 Å². The van der Waals surface area contributed by atoms with Crippen LogP contribution < -0.4 is 5.32 Å². The number of H-pyrrole nitrogens is 1. The van der Waals surface area contributed by atoms with Gasteiger partial charge in [-0.2, -0.15) is 5.10 Å². The zero-order valence-corrected chi connectivity index (χ0v) is 12.0. The van der Waals surface area contributed by atoms with Gasteiger partial charge in [-0.3, -0.25) is 9.89 Å². The van der Waals surface area contributed by atoms with Crippen molar-refractivity contribution in [1.29, 1.82) is 0 Å². The molecule has 2 heterocycles. The number of carbonyl (C=O) groups is 2. The van der Waals surface area contributed by atoms with Crippen LogP contribution in [-0.4, -0.2) is 58.1 Å². The molecule has 1 aliphatic heterocycles. The number of amides is 1. The summed E-state index contributed by atoms with van der Waals surface area (Å²) in [5.41, 5.74) is -0.116. The van der Waals surface area contributed by atoms with Crippen molar-refractivity contribution in [3.63, 3.8) is 0 Å². The van der Waals surface area contributed by atoms with Crippen LogP contribution in [0, 0.1) is 0 Å². The molecule has 1 fully saturated rings. The monoisotopic (exact) mass is 319 g/mol. The number of sulfone groups is 1. The van der Waals surface area contributed by atoms with Gasteiger partial charge in [0.2, 0.25) is 5.91 Å². The minimum Gasteiger partial charge on any atom is -0.477 e. The summed E-state index contributed by atoms with van der Waals surface area (Å²) < 4.78 is 22.5. The molecule has 8 nitrogen and oxygen atoms in total. The normalized spacial score (nSPS) is 20.7. The van der Waals surface area contributed by atoms with Crippen molar-refractivity contribution < 1.29 is 23.1 Å². The predicted molar refractivity (Wildman–Crippen MR) is 73.7 cm³/mol. The largest absolute Gasteiger partial charge is 0.477 e. The Bertz CT molecular complexity index is 625. The number of anilines is 1. The Morgan fingerprint density at radius 2 is 2.30 bits per heavy atom. The van der Waals surface area contributed by atoms with Crippen LogP contribution in [0.15, 0.2) is 6.07 Å². The highest BCUT2D eigenvalue weighted by atomic mass is 32.2. The maximum absolute atomic E-state index is 11.6. The Hall–Kier alpha value is -1.55. The fourth-order valence-corrected chi connectivity index (χ4v) is 5.20. The molecule has 10 heteroatoms. The molecule has 1 aromatic heterocycles. The van der Waals surface area contributed by atoms with Gasteiger partial charge in [-0.05, 0) is 6.42 Å². The molecule has 0 saturated carbocycles. The van der Waals surface area contributed by atoms with Crippen LogP contribution in [0.1, 0.15) is 16.9 Å². The lowest BCUT2D eigenvalue weighted by molar-refractivity contribution is -0.113. The molecule has 1 atom stereocenters. The first-order valence-corrected chi connectivity index (χ1v) is 8.63. The molecule has 0 aromatic carbocycles. The Labute approximate surface area is 119 Å². The van der Waals surface area contributed by atoms with E-state index < -0.39 is 15.8 Å². The van der Waals surface area contributed by atoms with E-state index in [2.05, 4.69) is 15.5 Å². The topological polar surface area (TPSA) is 129 Å². The number of carboxylic acid groups (broad SMARTS) is 1. The first-order chi connectivity index (χ1) is 9.35. The molecule has 20 heavy (non-hydrogen) atoms. The first kappa shape index (κ1) is 14.9.